The number of rotatable bonds is 8. The molecule has 2 saturated heterocycles. The molecule has 3 N–H and O–H groups in total. The summed E-state index contributed by atoms with van der Waals surface area (Å²) in [6.45, 7) is 5.21. The second-order valence-electron chi connectivity index (χ2n) is 16.5. The fraction of sp³-hybridized carbons (Fsp3) is 0.537. The molecule has 1 unspecified atom stereocenters. The fourth-order valence-corrected chi connectivity index (χ4v) is 9.23. The Labute approximate surface area is 327 Å². The Bertz CT molecular complexity index is 2100. The molecule has 14 nitrogen and oxygen atoms in total. The third kappa shape index (κ3) is 8.72. The first-order valence-corrected chi connectivity index (χ1v) is 21.1. The Morgan fingerprint density at radius 1 is 0.964 bits per heavy atom. The van der Waals surface area contributed by atoms with Crippen LogP contribution in [0, 0.1) is 5.92 Å². The van der Waals surface area contributed by atoms with Crippen LogP contribution in [-0.4, -0.2) is 90.3 Å². The molecule has 3 aromatic rings. The molecule has 0 spiro atoms. The van der Waals surface area contributed by atoms with Crippen molar-refractivity contribution in [3.05, 3.63) is 54.6 Å². The smallest absolute Gasteiger partial charge is 0.408 e. The zero-order valence-corrected chi connectivity index (χ0v) is 33.2. The molecule has 2 aliphatic carbocycles. The van der Waals surface area contributed by atoms with Crippen molar-refractivity contribution in [1.29, 1.82) is 0 Å². The van der Waals surface area contributed by atoms with Crippen molar-refractivity contribution >= 4 is 44.7 Å². The van der Waals surface area contributed by atoms with Crippen molar-refractivity contribution < 1.29 is 41.8 Å². The van der Waals surface area contributed by atoms with Crippen LogP contribution in [0.25, 0.3) is 22.2 Å². The molecule has 3 heterocycles. The highest BCUT2D eigenvalue weighted by Crippen LogP contribution is 2.48. The largest absolute Gasteiger partial charge is 0.497 e. The standard InChI is InChI=1S/C41H51N5O9S/c1-40(2,3)55-39(50)43-31-15-11-6-5-10-14-26-23-41(26,38(49)45-56(51,52)29-17-18-29)44-36(47)34-21-28(24-46(34)37(31)48)54-35-22-32(25-12-8-7-9-13-25)42-33-20-27(53-4)16-19-30(33)35/h7-9,12-13,16,19-20,22,26,28-29,31,34H,5-6,10-11,14-15,17-18,21,23-24H2,1-4H3,(H,43,50)(H,44,47)(H,45,49)/t26-,28?,31+,34+,41-/m1/s1. The number of nitrogens with one attached hydrogen (secondary N) is 3. The lowest BCUT2D eigenvalue weighted by molar-refractivity contribution is -0.141. The van der Waals surface area contributed by atoms with Crippen LogP contribution in [0.15, 0.2) is 54.6 Å². The third-order valence-electron chi connectivity index (χ3n) is 11.0. The van der Waals surface area contributed by atoms with Gasteiger partial charge in [0, 0.05) is 29.5 Å². The Hall–Kier alpha value is -4.92. The van der Waals surface area contributed by atoms with Gasteiger partial charge in [-0.05, 0) is 70.9 Å². The maximum atomic E-state index is 14.6. The van der Waals surface area contributed by atoms with Crippen LogP contribution in [0.4, 0.5) is 4.79 Å². The number of methoxy groups -OCH3 is 1. The van der Waals surface area contributed by atoms with E-state index in [9.17, 15) is 27.6 Å². The summed E-state index contributed by atoms with van der Waals surface area (Å²) in [5.74, 6) is -0.949. The van der Waals surface area contributed by atoms with Crippen molar-refractivity contribution in [2.45, 2.75) is 120 Å². The molecule has 2 saturated carbocycles. The number of benzene rings is 2. The van der Waals surface area contributed by atoms with E-state index in [-0.39, 0.29) is 18.9 Å². The maximum Gasteiger partial charge on any atom is 0.408 e. The summed E-state index contributed by atoms with van der Waals surface area (Å²) in [5, 5.41) is 5.79. The Balaban J connectivity index is 1.22. The molecule has 4 aliphatic rings. The highest BCUT2D eigenvalue weighted by molar-refractivity contribution is 7.91. The molecule has 5 atom stereocenters. The first-order chi connectivity index (χ1) is 26.7. The van der Waals surface area contributed by atoms with Gasteiger partial charge in [0.2, 0.25) is 21.8 Å². The second kappa shape index (κ2) is 15.5. The number of sulfonamides is 1. The highest BCUT2D eigenvalue weighted by Gasteiger charge is 2.62. The molecule has 2 aliphatic heterocycles. The van der Waals surface area contributed by atoms with E-state index in [0.29, 0.717) is 66.6 Å². The van der Waals surface area contributed by atoms with Crippen LogP contribution in [-0.2, 0) is 29.1 Å². The maximum absolute atomic E-state index is 14.6. The van der Waals surface area contributed by atoms with Crippen LogP contribution >= 0.6 is 0 Å². The number of nitrogens with zero attached hydrogens (tertiary/aromatic N) is 2. The van der Waals surface area contributed by atoms with Gasteiger partial charge in [0.05, 0.1) is 30.1 Å². The molecule has 56 heavy (non-hydrogen) atoms. The number of fused-ring (bicyclic) bond motifs is 3. The van der Waals surface area contributed by atoms with E-state index < -0.39 is 68.4 Å². The van der Waals surface area contributed by atoms with Crippen molar-refractivity contribution in [3.63, 3.8) is 0 Å². The molecular formula is C41H51N5O9S. The summed E-state index contributed by atoms with van der Waals surface area (Å²) < 4.78 is 45.7. The van der Waals surface area contributed by atoms with Gasteiger partial charge in [0.25, 0.3) is 5.91 Å². The summed E-state index contributed by atoms with van der Waals surface area (Å²) in [6.07, 6.45) is 3.82. The summed E-state index contributed by atoms with van der Waals surface area (Å²) in [5.41, 5.74) is -0.0788. The van der Waals surface area contributed by atoms with E-state index in [4.69, 9.17) is 19.2 Å². The number of hydrogen-bond acceptors (Lipinski definition) is 10. The predicted molar refractivity (Wildman–Crippen MR) is 208 cm³/mol. The summed E-state index contributed by atoms with van der Waals surface area (Å²) >= 11 is 0. The molecule has 2 aromatic carbocycles. The number of ether oxygens (including phenoxy) is 3. The van der Waals surface area contributed by atoms with Crippen LogP contribution in [0.2, 0.25) is 0 Å². The Morgan fingerprint density at radius 3 is 2.39 bits per heavy atom. The summed E-state index contributed by atoms with van der Waals surface area (Å²) in [4.78, 5) is 62.2. The monoisotopic (exact) mass is 789 g/mol. The predicted octanol–water partition coefficient (Wildman–Crippen LogP) is 4.99. The van der Waals surface area contributed by atoms with Gasteiger partial charge in [0.15, 0.2) is 0 Å². The Kier molecular flexibility index (Phi) is 10.9. The van der Waals surface area contributed by atoms with Crippen LogP contribution < -0.4 is 24.8 Å². The fourth-order valence-electron chi connectivity index (χ4n) is 7.86. The van der Waals surface area contributed by atoms with Crippen LogP contribution in [0.5, 0.6) is 11.5 Å². The number of carbonyl (C=O) groups excluding carboxylic acids is 4. The van der Waals surface area contributed by atoms with Gasteiger partial charge in [-0.1, -0.05) is 56.0 Å². The van der Waals surface area contributed by atoms with E-state index in [2.05, 4.69) is 15.4 Å². The first-order valence-electron chi connectivity index (χ1n) is 19.5. The minimum absolute atomic E-state index is 0.00272. The zero-order valence-electron chi connectivity index (χ0n) is 32.3. The minimum atomic E-state index is -3.87. The molecule has 15 heteroatoms. The van der Waals surface area contributed by atoms with Gasteiger partial charge in [-0.15, -0.1) is 0 Å². The highest BCUT2D eigenvalue weighted by atomic mass is 32.2. The zero-order chi connectivity index (χ0) is 39.8. The minimum Gasteiger partial charge on any atom is -0.497 e. The quantitative estimate of drug-likeness (QED) is 0.281. The summed E-state index contributed by atoms with van der Waals surface area (Å²) in [7, 11) is -2.30. The number of pyridine rings is 1. The molecule has 4 amide bonds. The normalized spacial score (nSPS) is 25.9. The topological polar surface area (TPSA) is 182 Å². The van der Waals surface area contributed by atoms with E-state index in [1.165, 1.54) is 4.90 Å². The van der Waals surface area contributed by atoms with E-state index in [0.717, 1.165) is 24.8 Å². The van der Waals surface area contributed by atoms with Crippen molar-refractivity contribution in [1.82, 2.24) is 25.2 Å². The van der Waals surface area contributed by atoms with Crippen LogP contribution in [0.1, 0.15) is 85.0 Å². The lowest BCUT2D eigenvalue weighted by atomic mass is 10.0. The molecule has 0 bridgehead atoms. The van der Waals surface area contributed by atoms with Gasteiger partial charge in [-0.25, -0.2) is 18.2 Å². The Morgan fingerprint density at radius 2 is 1.70 bits per heavy atom. The number of aromatic nitrogens is 1. The van der Waals surface area contributed by atoms with Crippen LogP contribution in [0.3, 0.4) is 0 Å². The van der Waals surface area contributed by atoms with Gasteiger partial charge in [-0.2, -0.15) is 0 Å². The average Bonchev–Trinajstić information content (AvgIpc) is 4.08. The van der Waals surface area contributed by atoms with Gasteiger partial charge in [-0.3, -0.25) is 19.1 Å². The summed E-state index contributed by atoms with van der Waals surface area (Å²) in [6, 6.07) is 14.8. The number of amides is 4. The molecule has 7 rings (SSSR count). The van der Waals surface area contributed by atoms with E-state index >= 15 is 0 Å². The van der Waals surface area contributed by atoms with Gasteiger partial charge in [0.1, 0.15) is 40.8 Å². The lowest BCUT2D eigenvalue weighted by Gasteiger charge is -2.30. The third-order valence-corrected chi connectivity index (χ3v) is 12.8. The van der Waals surface area contributed by atoms with Crippen molar-refractivity contribution in [2.24, 2.45) is 5.92 Å². The van der Waals surface area contributed by atoms with Crippen molar-refractivity contribution in [3.8, 4) is 22.8 Å². The molecule has 300 valence electrons. The lowest BCUT2D eigenvalue weighted by Crippen LogP contribution is -2.58. The van der Waals surface area contributed by atoms with Gasteiger partial charge >= 0.3 is 6.09 Å². The number of carbonyl (C=O) groups is 4. The SMILES string of the molecule is COc1ccc2c(OC3C[C@H]4C(=O)N[C@]5(C(=O)NS(=O)(=O)C6CC6)C[C@H]5CCCCCC[C@H](NC(=O)OC(C)(C)C)C(=O)N4C3)cc(-c3ccccc3)nc2c1. The van der Waals surface area contributed by atoms with Crippen molar-refractivity contribution in [2.75, 3.05) is 13.7 Å². The molecule has 0 radical (unpaired) electrons. The first kappa shape index (κ1) is 39.3. The van der Waals surface area contributed by atoms with E-state index in [1.807, 2.05) is 48.5 Å². The average molecular weight is 790 g/mol. The van der Waals surface area contributed by atoms with E-state index in [1.54, 1.807) is 33.9 Å². The number of alkyl carbamates (subject to hydrolysis) is 1. The molecule has 4 fully saturated rings. The number of hydrogen-bond donors (Lipinski definition) is 3. The van der Waals surface area contributed by atoms with Gasteiger partial charge < -0.3 is 29.7 Å². The second-order valence-corrected chi connectivity index (χ2v) is 18.4. The molecule has 1 aromatic heterocycles. The molecular weight excluding hydrogens is 739 g/mol.